The van der Waals surface area contributed by atoms with Crippen molar-refractivity contribution < 1.29 is 9.59 Å². The van der Waals surface area contributed by atoms with Crippen molar-refractivity contribution in [1.29, 1.82) is 0 Å². The molecule has 0 aliphatic rings. The van der Waals surface area contributed by atoms with E-state index >= 15 is 0 Å². The number of aryl methyl sites for hydroxylation is 1. The predicted molar refractivity (Wildman–Crippen MR) is 94.5 cm³/mol. The Morgan fingerprint density at radius 2 is 1.61 bits per heavy atom. The molecule has 2 rings (SSSR count). The summed E-state index contributed by atoms with van der Waals surface area (Å²) in [5, 5.41) is 5.46. The zero-order valence-electron chi connectivity index (χ0n) is 12.9. The number of carbonyl (C=O) groups excluding carboxylic acids is 2. The summed E-state index contributed by atoms with van der Waals surface area (Å²) in [4.78, 5) is 23.7. The highest BCUT2D eigenvalue weighted by Crippen LogP contribution is 2.10. The van der Waals surface area contributed by atoms with E-state index in [1.54, 1.807) is 0 Å². The molecule has 0 radical (unpaired) electrons. The fourth-order valence-corrected chi connectivity index (χ4v) is 2.28. The summed E-state index contributed by atoms with van der Waals surface area (Å²) in [7, 11) is 0. The maximum atomic E-state index is 12.0. The summed E-state index contributed by atoms with van der Waals surface area (Å²) >= 11 is 3.36. The lowest BCUT2D eigenvalue weighted by Crippen LogP contribution is -2.36. The van der Waals surface area contributed by atoms with Crippen LogP contribution in [0, 0.1) is 6.92 Å². The van der Waals surface area contributed by atoms with Crippen molar-refractivity contribution in [3.8, 4) is 0 Å². The Labute approximate surface area is 144 Å². The standard InChI is InChI=1S/C18H19BrN2O2/c1-13-2-6-15(7-3-13)17(22)10-11-20-18(23)21-12-14-4-8-16(19)9-5-14/h2-9H,10-12H2,1H3,(H2,20,21,23). The van der Waals surface area contributed by atoms with E-state index in [1.807, 2.05) is 55.5 Å². The number of hydrogen-bond donors (Lipinski definition) is 2. The zero-order valence-corrected chi connectivity index (χ0v) is 14.5. The number of benzene rings is 2. The number of nitrogens with one attached hydrogen (secondary N) is 2. The molecule has 2 aromatic rings. The number of amides is 2. The van der Waals surface area contributed by atoms with Crippen LogP contribution < -0.4 is 10.6 Å². The highest BCUT2D eigenvalue weighted by Gasteiger charge is 2.06. The quantitative estimate of drug-likeness (QED) is 0.754. The van der Waals surface area contributed by atoms with Gasteiger partial charge in [0, 0.05) is 29.5 Å². The van der Waals surface area contributed by atoms with Gasteiger partial charge in [-0.3, -0.25) is 4.79 Å². The van der Waals surface area contributed by atoms with Crippen LogP contribution >= 0.6 is 15.9 Å². The second-order valence-corrected chi connectivity index (χ2v) is 6.19. The van der Waals surface area contributed by atoms with E-state index in [4.69, 9.17) is 0 Å². The van der Waals surface area contributed by atoms with E-state index in [1.165, 1.54) is 0 Å². The van der Waals surface area contributed by atoms with Gasteiger partial charge in [0.1, 0.15) is 0 Å². The molecule has 0 aromatic heterocycles. The van der Waals surface area contributed by atoms with E-state index in [0.29, 0.717) is 18.7 Å². The van der Waals surface area contributed by atoms with Gasteiger partial charge >= 0.3 is 6.03 Å². The Hall–Kier alpha value is -2.14. The molecule has 0 saturated carbocycles. The molecule has 120 valence electrons. The van der Waals surface area contributed by atoms with Crippen LogP contribution in [0.15, 0.2) is 53.0 Å². The normalized spacial score (nSPS) is 10.2. The summed E-state index contributed by atoms with van der Waals surface area (Å²) in [6, 6.07) is 14.9. The lowest BCUT2D eigenvalue weighted by molar-refractivity contribution is 0.0983. The SMILES string of the molecule is Cc1ccc(C(=O)CCNC(=O)NCc2ccc(Br)cc2)cc1. The van der Waals surface area contributed by atoms with Crippen LogP contribution in [-0.2, 0) is 6.54 Å². The summed E-state index contributed by atoms with van der Waals surface area (Å²) in [5.74, 6) is 0.0261. The monoisotopic (exact) mass is 374 g/mol. The highest BCUT2D eigenvalue weighted by molar-refractivity contribution is 9.10. The maximum Gasteiger partial charge on any atom is 0.315 e. The molecule has 0 heterocycles. The Kier molecular flexibility index (Phi) is 6.35. The molecule has 4 nitrogen and oxygen atoms in total. The van der Waals surface area contributed by atoms with Crippen molar-refractivity contribution in [2.45, 2.75) is 19.9 Å². The maximum absolute atomic E-state index is 12.0. The van der Waals surface area contributed by atoms with Crippen LogP contribution in [0.25, 0.3) is 0 Å². The molecule has 0 saturated heterocycles. The first kappa shape index (κ1) is 17.2. The molecule has 0 aliphatic carbocycles. The van der Waals surface area contributed by atoms with Gasteiger partial charge in [0.05, 0.1) is 0 Å². The molecule has 0 aliphatic heterocycles. The Balaban J connectivity index is 1.69. The molecule has 0 atom stereocenters. The minimum absolute atomic E-state index is 0.0261. The topological polar surface area (TPSA) is 58.2 Å². The second kappa shape index (κ2) is 8.48. The third-order valence-electron chi connectivity index (χ3n) is 3.38. The molecule has 2 N–H and O–H groups in total. The molecule has 0 fully saturated rings. The summed E-state index contributed by atoms with van der Waals surface area (Å²) in [5.41, 5.74) is 2.80. The highest BCUT2D eigenvalue weighted by atomic mass is 79.9. The van der Waals surface area contributed by atoms with E-state index in [9.17, 15) is 9.59 Å². The minimum atomic E-state index is -0.273. The van der Waals surface area contributed by atoms with Crippen molar-refractivity contribution in [2.75, 3.05) is 6.54 Å². The van der Waals surface area contributed by atoms with Crippen LogP contribution in [0.3, 0.4) is 0 Å². The van der Waals surface area contributed by atoms with Crippen LogP contribution in [-0.4, -0.2) is 18.4 Å². The first-order valence-electron chi connectivity index (χ1n) is 7.40. The van der Waals surface area contributed by atoms with Gasteiger partial charge in [0.15, 0.2) is 5.78 Å². The van der Waals surface area contributed by atoms with Crippen LogP contribution in [0.1, 0.15) is 27.9 Å². The molecule has 23 heavy (non-hydrogen) atoms. The molecule has 2 aromatic carbocycles. The van der Waals surface area contributed by atoms with E-state index in [-0.39, 0.29) is 18.2 Å². The van der Waals surface area contributed by atoms with Crippen molar-refractivity contribution in [3.05, 3.63) is 69.7 Å². The summed E-state index contributed by atoms with van der Waals surface area (Å²) in [6.45, 7) is 2.75. The second-order valence-electron chi connectivity index (χ2n) is 5.28. The van der Waals surface area contributed by atoms with Crippen LogP contribution in [0.4, 0.5) is 4.79 Å². The van der Waals surface area contributed by atoms with Gasteiger partial charge in [0.2, 0.25) is 0 Å². The first-order chi connectivity index (χ1) is 11.0. The molecule has 0 spiro atoms. The molecule has 5 heteroatoms. The number of urea groups is 1. The first-order valence-corrected chi connectivity index (χ1v) is 8.20. The van der Waals surface area contributed by atoms with Crippen molar-refractivity contribution in [3.63, 3.8) is 0 Å². The fourth-order valence-electron chi connectivity index (χ4n) is 2.02. The molecule has 0 bridgehead atoms. The van der Waals surface area contributed by atoms with E-state index in [0.717, 1.165) is 15.6 Å². The van der Waals surface area contributed by atoms with Gasteiger partial charge in [-0.05, 0) is 24.6 Å². The Morgan fingerprint density at radius 1 is 0.957 bits per heavy atom. The smallest absolute Gasteiger partial charge is 0.315 e. The lowest BCUT2D eigenvalue weighted by Gasteiger charge is -2.08. The van der Waals surface area contributed by atoms with Crippen molar-refractivity contribution >= 4 is 27.7 Å². The average molecular weight is 375 g/mol. The zero-order chi connectivity index (χ0) is 16.7. The lowest BCUT2D eigenvalue weighted by atomic mass is 10.1. The summed E-state index contributed by atoms with van der Waals surface area (Å²) < 4.78 is 1.00. The number of halogens is 1. The van der Waals surface area contributed by atoms with E-state index in [2.05, 4.69) is 26.6 Å². The minimum Gasteiger partial charge on any atom is -0.338 e. The van der Waals surface area contributed by atoms with Gasteiger partial charge in [-0.25, -0.2) is 4.79 Å². The molecular formula is C18H19BrN2O2. The number of carbonyl (C=O) groups is 2. The van der Waals surface area contributed by atoms with Crippen molar-refractivity contribution in [1.82, 2.24) is 10.6 Å². The Bertz CT molecular complexity index is 666. The number of Topliss-reactive ketones (excluding diaryl/α,β-unsaturated/α-hetero) is 1. The number of rotatable bonds is 6. The largest absolute Gasteiger partial charge is 0.338 e. The molecule has 2 amide bonds. The van der Waals surface area contributed by atoms with Gasteiger partial charge in [-0.2, -0.15) is 0 Å². The average Bonchev–Trinajstić information content (AvgIpc) is 2.55. The van der Waals surface area contributed by atoms with Gasteiger partial charge < -0.3 is 10.6 Å². The molecule has 0 unspecified atom stereocenters. The Morgan fingerprint density at radius 3 is 2.26 bits per heavy atom. The number of hydrogen-bond acceptors (Lipinski definition) is 2. The van der Waals surface area contributed by atoms with Gasteiger partial charge in [-0.15, -0.1) is 0 Å². The number of ketones is 1. The van der Waals surface area contributed by atoms with Crippen molar-refractivity contribution in [2.24, 2.45) is 0 Å². The third-order valence-corrected chi connectivity index (χ3v) is 3.91. The van der Waals surface area contributed by atoms with E-state index < -0.39 is 0 Å². The summed E-state index contributed by atoms with van der Waals surface area (Å²) in [6.07, 6.45) is 0.286. The van der Waals surface area contributed by atoms with Gasteiger partial charge in [-0.1, -0.05) is 57.9 Å². The van der Waals surface area contributed by atoms with Gasteiger partial charge in [0.25, 0.3) is 0 Å². The molecular weight excluding hydrogens is 356 g/mol. The fraction of sp³-hybridized carbons (Fsp3) is 0.222. The van der Waals surface area contributed by atoms with Crippen LogP contribution in [0.2, 0.25) is 0 Å². The van der Waals surface area contributed by atoms with Crippen LogP contribution in [0.5, 0.6) is 0 Å². The third kappa shape index (κ3) is 5.87. The predicted octanol–water partition coefficient (Wildman–Crippen LogP) is 3.83.